The van der Waals surface area contributed by atoms with E-state index in [-0.39, 0.29) is 10.7 Å². The van der Waals surface area contributed by atoms with Gasteiger partial charge in [0.05, 0.1) is 10.9 Å². The van der Waals surface area contributed by atoms with Gasteiger partial charge >= 0.3 is 5.88 Å². The number of nitro groups is 1. The van der Waals surface area contributed by atoms with Crippen molar-refractivity contribution in [2.75, 3.05) is 0 Å². The summed E-state index contributed by atoms with van der Waals surface area (Å²) in [5.41, 5.74) is 2.27. The summed E-state index contributed by atoms with van der Waals surface area (Å²) in [6.07, 6.45) is 0. The lowest BCUT2D eigenvalue weighted by molar-refractivity contribution is -0.402. The normalized spacial score (nSPS) is 12.6. The third kappa shape index (κ3) is 3.04. The number of benzene rings is 1. The molecule has 1 heterocycles. The van der Waals surface area contributed by atoms with E-state index in [1.54, 1.807) is 6.07 Å². The van der Waals surface area contributed by atoms with E-state index in [4.69, 9.17) is 4.42 Å². The second-order valence-corrected chi connectivity index (χ2v) is 5.53. The summed E-state index contributed by atoms with van der Waals surface area (Å²) >= 11 is 3.50. The molecule has 0 N–H and O–H groups in total. The monoisotopic (exact) mass is 323 g/mol. The lowest BCUT2D eigenvalue weighted by atomic mass is 10.0. The molecular formula is C14H14BrNO3. The second kappa shape index (κ2) is 5.57. The van der Waals surface area contributed by atoms with Crippen molar-refractivity contribution in [1.29, 1.82) is 0 Å². The minimum atomic E-state index is -0.537. The predicted octanol–water partition coefficient (Wildman–Crippen LogP) is 4.80. The highest BCUT2D eigenvalue weighted by Crippen LogP contribution is 2.34. The Bertz CT molecular complexity index is 575. The van der Waals surface area contributed by atoms with Crippen LogP contribution in [0.2, 0.25) is 0 Å². The van der Waals surface area contributed by atoms with E-state index in [9.17, 15) is 10.1 Å². The lowest BCUT2D eigenvalue weighted by Gasteiger charge is -2.09. The zero-order valence-corrected chi connectivity index (χ0v) is 12.3. The molecule has 0 radical (unpaired) electrons. The van der Waals surface area contributed by atoms with Gasteiger partial charge in [0.15, 0.2) is 0 Å². The van der Waals surface area contributed by atoms with Gasteiger partial charge in [-0.1, -0.05) is 54.0 Å². The van der Waals surface area contributed by atoms with Gasteiger partial charge in [0.25, 0.3) is 0 Å². The number of alkyl halides is 1. The molecule has 1 unspecified atom stereocenters. The molecule has 100 valence electrons. The van der Waals surface area contributed by atoms with Gasteiger partial charge in [0.2, 0.25) is 0 Å². The summed E-state index contributed by atoms with van der Waals surface area (Å²) in [4.78, 5) is 9.87. The fourth-order valence-electron chi connectivity index (χ4n) is 1.79. The predicted molar refractivity (Wildman–Crippen MR) is 76.7 cm³/mol. The molecule has 1 aromatic heterocycles. The number of nitrogens with zero attached hydrogens (tertiary/aromatic N) is 1. The van der Waals surface area contributed by atoms with Crippen molar-refractivity contribution in [2.45, 2.75) is 24.6 Å². The Hall–Kier alpha value is -1.62. The van der Waals surface area contributed by atoms with E-state index in [1.807, 2.05) is 12.1 Å². The number of hydrogen-bond donors (Lipinski definition) is 0. The SMILES string of the molecule is CC(C)c1ccc(C(Br)c2ccc([N+](=O)[O-])o2)cc1. The second-order valence-electron chi connectivity index (χ2n) is 4.62. The standard InChI is InChI=1S/C14H14BrNO3/c1-9(2)10-3-5-11(6-4-10)14(15)12-7-8-13(19-12)16(17)18/h3-9,14H,1-2H3. The van der Waals surface area contributed by atoms with Crippen molar-refractivity contribution in [3.8, 4) is 0 Å². The van der Waals surface area contributed by atoms with Crippen LogP contribution >= 0.6 is 15.9 Å². The number of furan rings is 1. The number of halogens is 1. The van der Waals surface area contributed by atoms with Crippen LogP contribution in [0.4, 0.5) is 5.88 Å². The van der Waals surface area contributed by atoms with E-state index in [0.29, 0.717) is 11.7 Å². The minimum absolute atomic E-state index is 0.178. The van der Waals surface area contributed by atoms with Gasteiger partial charge in [-0.25, -0.2) is 0 Å². The zero-order valence-electron chi connectivity index (χ0n) is 10.7. The van der Waals surface area contributed by atoms with Gasteiger partial charge in [-0.2, -0.15) is 0 Å². The van der Waals surface area contributed by atoms with E-state index in [1.165, 1.54) is 11.6 Å². The van der Waals surface area contributed by atoms with E-state index < -0.39 is 4.92 Å². The fraction of sp³-hybridized carbons (Fsp3) is 0.286. The van der Waals surface area contributed by atoms with Crippen LogP contribution in [0.15, 0.2) is 40.8 Å². The van der Waals surface area contributed by atoms with Gasteiger partial charge in [-0.3, -0.25) is 10.1 Å². The zero-order chi connectivity index (χ0) is 14.0. The van der Waals surface area contributed by atoms with E-state index in [2.05, 4.69) is 41.9 Å². The lowest BCUT2D eigenvalue weighted by Crippen LogP contribution is -1.93. The first-order chi connectivity index (χ1) is 8.99. The summed E-state index contributed by atoms with van der Waals surface area (Å²) in [7, 11) is 0. The summed E-state index contributed by atoms with van der Waals surface area (Å²) < 4.78 is 5.19. The Balaban J connectivity index is 2.22. The Morgan fingerprint density at radius 2 is 1.68 bits per heavy atom. The van der Waals surface area contributed by atoms with Gasteiger partial charge in [-0.15, -0.1) is 0 Å². The highest BCUT2D eigenvalue weighted by molar-refractivity contribution is 9.09. The number of hydrogen-bond acceptors (Lipinski definition) is 3. The summed E-state index contributed by atoms with van der Waals surface area (Å²) in [5, 5.41) is 10.6. The molecule has 1 aromatic carbocycles. The quantitative estimate of drug-likeness (QED) is 0.461. The maximum atomic E-state index is 10.6. The first kappa shape index (κ1) is 13.8. The average Bonchev–Trinajstić information content (AvgIpc) is 2.87. The molecule has 5 heteroatoms. The molecule has 0 fully saturated rings. The van der Waals surface area contributed by atoms with E-state index in [0.717, 1.165) is 5.56 Å². The molecular weight excluding hydrogens is 310 g/mol. The first-order valence-corrected chi connectivity index (χ1v) is 6.88. The van der Waals surface area contributed by atoms with Crippen LogP contribution in [0.25, 0.3) is 0 Å². The molecule has 19 heavy (non-hydrogen) atoms. The molecule has 4 nitrogen and oxygen atoms in total. The molecule has 0 spiro atoms. The first-order valence-electron chi connectivity index (χ1n) is 5.97. The van der Waals surface area contributed by atoms with Gasteiger partial charge in [0.1, 0.15) is 10.7 Å². The highest BCUT2D eigenvalue weighted by atomic mass is 79.9. The molecule has 0 saturated heterocycles. The van der Waals surface area contributed by atoms with Crippen molar-refractivity contribution in [3.63, 3.8) is 0 Å². The van der Waals surface area contributed by atoms with Crippen LogP contribution in [0.1, 0.15) is 41.5 Å². The van der Waals surface area contributed by atoms with Crippen LogP contribution in [0.5, 0.6) is 0 Å². The summed E-state index contributed by atoms with van der Waals surface area (Å²) in [6.45, 7) is 4.27. The molecule has 0 saturated carbocycles. The van der Waals surface area contributed by atoms with Crippen molar-refractivity contribution in [1.82, 2.24) is 0 Å². The van der Waals surface area contributed by atoms with Gasteiger partial charge in [-0.05, 0) is 23.1 Å². The molecule has 2 rings (SSSR count). The fourth-order valence-corrected chi connectivity index (χ4v) is 2.34. The number of rotatable bonds is 4. The van der Waals surface area contributed by atoms with Crippen LogP contribution in [0.3, 0.4) is 0 Å². The van der Waals surface area contributed by atoms with Crippen LogP contribution in [0, 0.1) is 10.1 Å². The Morgan fingerprint density at radius 3 is 2.16 bits per heavy atom. The van der Waals surface area contributed by atoms with Crippen LogP contribution < -0.4 is 0 Å². The summed E-state index contributed by atoms with van der Waals surface area (Å²) in [6, 6.07) is 11.1. The minimum Gasteiger partial charge on any atom is -0.404 e. The van der Waals surface area contributed by atoms with Crippen LogP contribution in [-0.2, 0) is 0 Å². The maximum Gasteiger partial charge on any atom is 0.433 e. The highest BCUT2D eigenvalue weighted by Gasteiger charge is 2.19. The third-order valence-electron chi connectivity index (χ3n) is 2.94. The van der Waals surface area contributed by atoms with Crippen molar-refractivity contribution < 1.29 is 9.34 Å². The smallest absolute Gasteiger partial charge is 0.404 e. The maximum absolute atomic E-state index is 10.6. The third-order valence-corrected chi connectivity index (χ3v) is 3.92. The van der Waals surface area contributed by atoms with Gasteiger partial charge in [0, 0.05) is 0 Å². The Kier molecular flexibility index (Phi) is 4.04. The van der Waals surface area contributed by atoms with E-state index >= 15 is 0 Å². The topological polar surface area (TPSA) is 56.3 Å². The molecule has 0 aliphatic heterocycles. The van der Waals surface area contributed by atoms with Crippen molar-refractivity contribution in [3.05, 3.63) is 63.4 Å². The molecule has 0 amide bonds. The molecule has 1 atom stereocenters. The Morgan fingerprint density at radius 1 is 1.11 bits per heavy atom. The Labute approximate surface area is 119 Å². The average molecular weight is 324 g/mol. The largest absolute Gasteiger partial charge is 0.433 e. The molecule has 0 aliphatic carbocycles. The van der Waals surface area contributed by atoms with Crippen molar-refractivity contribution >= 4 is 21.8 Å². The molecule has 0 bridgehead atoms. The van der Waals surface area contributed by atoms with Crippen LogP contribution in [-0.4, -0.2) is 4.92 Å². The van der Waals surface area contributed by atoms with Crippen molar-refractivity contribution in [2.24, 2.45) is 0 Å². The van der Waals surface area contributed by atoms with Gasteiger partial charge < -0.3 is 4.42 Å². The summed E-state index contributed by atoms with van der Waals surface area (Å²) in [5.74, 6) is 0.773. The molecule has 2 aromatic rings. The molecule has 0 aliphatic rings.